The lowest BCUT2D eigenvalue weighted by molar-refractivity contribution is 0.998. The lowest BCUT2D eigenvalue weighted by Gasteiger charge is -2.28. The highest BCUT2D eigenvalue weighted by Gasteiger charge is 2.35. The maximum Gasteiger partial charge on any atom is 0.0990 e. The van der Waals surface area contributed by atoms with Crippen LogP contribution in [0.15, 0.2) is 395 Å². The second-order valence-corrected chi connectivity index (χ2v) is 37.1. The van der Waals surface area contributed by atoms with E-state index in [0.29, 0.717) is 6.42 Å². The molecule has 0 amide bonds. The van der Waals surface area contributed by atoms with E-state index in [-0.39, 0.29) is 0 Å². The molecular formula is C123H82N12. The number of nitrogens with zero attached hydrogens (tertiary/aromatic N) is 12. The second-order valence-electron chi connectivity index (χ2n) is 37.1. The van der Waals surface area contributed by atoms with Crippen LogP contribution in [0.3, 0.4) is 0 Å². The van der Waals surface area contributed by atoms with Gasteiger partial charge in [-0.15, -0.1) is 0 Å². The third-order valence-electron chi connectivity index (χ3n) is 29.2. The van der Waals surface area contributed by atoms with Gasteiger partial charge in [-0.3, -0.25) is 15.0 Å². The molecule has 0 aliphatic heterocycles. The van der Waals surface area contributed by atoms with Gasteiger partial charge >= 0.3 is 0 Å². The van der Waals surface area contributed by atoms with Crippen LogP contribution in [0.5, 0.6) is 0 Å². The maximum absolute atomic E-state index is 4.91. The number of aryl methyl sites for hydroxylation is 5. The Labute approximate surface area is 773 Å². The highest BCUT2D eigenvalue weighted by atomic mass is 15.2. The topological polar surface area (TPSA) is 83.0 Å². The van der Waals surface area contributed by atoms with Crippen molar-refractivity contribution in [3.05, 3.63) is 434 Å². The van der Waals surface area contributed by atoms with Gasteiger partial charge in [-0.05, 0) is 222 Å². The van der Waals surface area contributed by atoms with Crippen LogP contribution in [0.2, 0.25) is 0 Å². The van der Waals surface area contributed by atoms with E-state index in [2.05, 4.69) is 440 Å². The molecule has 29 rings (SSSR count). The first-order valence-electron chi connectivity index (χ1n) is 46.5. The van der Waals surface area contributed by atoms with Gasteiger partial charge in [0.25, 0.3) is 0 Å². The molecule has 17 aromatic carbocycles. The van der Waals surface area contributed by atoms with E-state index in [1.54, 1.807) is 0 Å². The summed E-state index contributed by atoms with van der Waals surface area (Å²) in [6.45, 7) is 11.1. The average molecular weight is 1730 g/mol. The summed E-state index contributed by atoms with van der Waals surface area (Å²) < 4.78 is 23.1. The van der Waals surface area contributed by atoms with Crippen molar-refractivity contribution < 1.29 is 0 Å². The minimum atomic E-state index is 0.651. The largest absolute Gasteiger partial charge is 0.309 e. The number of fused-ring (bicyclic) bond motifs is 27. The first-order valence-corrected chi connectivity index (χ1v) is 46.5. The fourth-order valence-electron chi connectivity index (χ4n) is 23.6. The molecular weight excluding hydrogens is 1650 g/mol. The molecule has 12 heterocycles. The summed E-state index contributed by atoms with van der Waals surface area (Å²) >= 11 is 0. The summed E-state index contributed by atoms with van der Waals surface area (Å²) in [7, 11) is 0. The zero-order chi connectivity index (χ0) is 89.0. The molecule has 0 saturated carbocycles. The van der Waals surface area contributed by atoms with E-state index >= 15 is 0 Å². The van der Waals surface area contributed by atoms with Gasteiger partial charge in [-0.25, -0.2) is 0 Å². The lowest BCUT2D eigenvalue weighted by Crippen LogP contribution is -2.16. The number of rotatable bonds is 11. The standard InChI is InChI=1S/C123H82N12/c1-72-38-45-106-88(58-72)89-59-73(2)39-46-107(89)130(106)116-66-79(127-98-30-14-11-27-85(98)95-69-124-55-52-113(95)127)67-117(120(116)132-110-48-41-75(4)60-90(110)91-61-76(5)42-49-111(91)132)131-108-47-40-74(3)62-92(108)94-65-78(43-50-109(94)131)63-77-44-51-112-93(64-77)84-26-10-21-37-105(84)134(112)122-119(129-100-32-16-13-29-87(100)97-71-126-57-54-115(97)129)68-118(128-99-31-15-12-28-86(99)96-70-125-56-53-114(96)128)121(133-101-33-17-6-22-80(101)81-23-7-18-34-102(81)133)123(122)135-103-35-19-8-24-82(103)83-25-9-20-36-104(83)135/h6-62,64-71H,63H2,1-5H3. The zero-order valence-electron chi connectivity index (χ0n) is 74.6. The Balaban J connectivity index is 0.710. The molecule has 0 unspecified atom stereocenters. The minimum absolute atomic E-state index is 0.651. The Morgan fingerprint density at radius 3 is 0.704 bits per heavy atom. The van der Waals surface area contributed by atoms with Crippen molar-refractivity contribution in [2.24, 2.45) is 0 Å². The van der Waals surface area contributed by atoms with Crippen LogP contribution in [0.4, 0.5) is 0 Å². The van der Waals surface area contributed by atoms with Crippen molar-refractivity contribution in [3.63, 3.8) is 0 Å². The molecule has 0 bridgehead atoms. The van der Waals surface area contributed by atoms with Crippen LogP contribution in [0.25, 0.3) is 247 Å². The first-order chi connectivity index (χ1) is 66.6. The first kappa shape index (κ1) is 75.2. The Morgan fingerprint density at radius 2 is 0.378 bits per heavy atom. The maximum atomic E-state index is 4.91. The van der Waals surface area contributed by atoms with Crippen LogP contribution >= 0.6 is 0 Å². The Morgan fingerprint density at radius 1 is 0.163 bits per heavy atom. The molecule has 0 aliphatic rings. The minimum Gasteiger partial charge on any atom is -0.309 e. The third kappa shape index (κ3) is 10.6. The molecule has 12 heteroatoms. The zero-order valence-corrected chi connectivity index (χ0v) is 74.6. The van der Waals surface area contributed by atoms with Crippen LogP contribution in [-0.2, 0) is 6.42 Å². The molecule has 634 valence electrons. The molecule has 0 saturated heterocycles. The van der Waals surface area contributed by atoms with Gasteiger partial charge in [-0.1, -0.05) is 216 Å². The number of benzene rings is 17. The van der Waals surface area contributed by atoms with E-state index < -0.39 is 0 Å². The molecule has 0 spiro atoms. The molecule has 12 nitrogen and oxygen atoms in total. The Bertz CT molecular complexity index is 9900. The van der Waals surface area contributed by atoms with Crippen molar-refractivity contribution in [3.8, 4) is 51.2 Å². The molecule has 0 fully saturated rings. The van der Waals surface area contributed by atoms with Crippen LogP contribution in [-0.4, -0.2) is 56.1 Å². The fourth-order valence-corrected chi connectivity index (χ4v) is 23.6. The van der Waals surface area contributed by atoms with Crippen molar-refractivity contribution in [1.29, 1.82) is 0 Å². The molecule has 29 aromatic rings. The van der Waals surface area contributed by atoms with Crippen molar-refractivity contribution in [1.82, 2.24) is 56.1 Å². The molecule has 0 radical (unpaired) electrons. The van der Waals surface area contributed by atoms with E-state index in [9.17, 15) is 0 Å². The van der Waals surface area contributed by atoms with Gasteiger partial charge < -0.3 is 41.1 Å². The highest BCUT2D eigenvalue weighted by molar-refractivity contribution is 6.21. The summed E-state index contributed by atoms with van der Waals surface area (Å²) in [5, 5.41) is 20.7. The third-order valence-corrected chi connectivity index (χ3v) is 29.2. The average Bonchev–Trinajstić information content (AvgIpc) is 1.56. The Kier molecular flexibility index (Phi) is 15.7. The van der Waals surface area contributed by atoms with E-state index in [1.807, 2.05) is 31.0 Å². The highest BCUT2D eigenvalue weighted by Crippen LogP contribution is 2.53. The van der Waals surface area contributed by atoms with E-state index in [1.165, 1.54) is 71.3 Å². The summed E-state index contributed by atoms with van der Waals surface area (Å²) in [6, 6.07) is 136. The normalized spacial score (nSPS) is 12.4. The molecule has 12 aromatic heterocycles. The molecule has 135 heavy (non-hydrogen) atoms. The predicted octanol–water partition coefficient (Wildman–Crippen LogP) is 30.9. The van der Waals surface area contributed by atoms with Gasteiger partial charge in [0, 0.05) is 134 Å². The predicted molar refractivity (Wildman–Crippen MR) is 562 cm³/mol. The van der Waals surface area contributed by atoms with Gasteiger partial charge in [0.1, 0.15) is 0 Å². The van der Waals surface area contributed by atoms with Crippen molar-refractivity contribution in [2.75, 3.05) is 0 Å². The van der Waals surface area contributed by atoms with E-state index in [0.717, 1.165) is 215 Å². The number of aromatic nitrogens is 12. The summed E-state index contributed by atoms with van der Waals surface area (Å²) in [6.07, 6.45) is 12.6. The van der Waals surface area contributed by atoms with Gasteiger partial charge in [0.05, 0.1) is 150 Å². The van der Waals surface area contributed by atoms with Gasteiger partial charge in [0.2, 0.25) is 0 Å². The number of hydrogen-bond acceptors (Lipinski definition) is 3. The monoisotopic (exact) mass is 1730 g/mol. The quantitative estimate of drug-likeness (QED) is 0.129. The van der Waals surface area contributed by atoms with Crippen LogP contribution in [0.1, 0.15) is 38.9 Å². The summed E-state index contributed by atoms with van der Waals surface area (Å²) in [5.74, 6) is 0. The fraction of sp³-hybridized carbons (Fsp3) is 0.0488. The number of hydrogen-bond donors (Lipinski definition) is 0. The van der Waals surface area contributed by atoms with E-state index in [4.69, 9.17) is 15.0 Å². The lowest BCUT2D eigenvalue weighted by atomic mass is 10.0. The second kappa shape index (κ2) is 28.2. The molecule has 0 N–H and O–H groups in total. The summed E-state index contributed by atoms with van der Waals surface area (Å²) in [5.41, 5.74) is 37.2. The SMILES string of the molecule is Cc1ccc2c(c1)c1cc(C)ccc1n2-c1cc(-n2c3ccccc3c3cnccc32)cc(-n2c3ccc(C)cc3c3cc(Cc4ccc5c(c4)c4ccccc4n5-c4c(-n5c6ccccc6c6cnccc65)cc(-n5c6ccccc6c6cnccc65)c(-n5c6ccccc6c6ccccc65)c4-n4c5ccccc5c5ccccc54)ccc32)c1-n1c2ccc(C)cc2c2cc(C)ccc21. The van der Waals surface area contributed by atoms with Crippen molar-refractivity contribution in [2.45, 2.75) is 41.0 Å². The molecule has 0 atom stereocenters. The molecule has 0 aliphatic carbocycles. The Hall–Kier alpha value is -17.6. The smallest absolute Gasteiger partial charge is 0.0990 e. The van der Waals surface area contributed by atoms with Gasteiger partial charge in [-0.2, -0.15) is 0 Å². The van der Waals surface area contributed by atoms with Gasteiger partial charge in [0.15, 0.2) is 0 Å². The number of pyridine rings is 3. The van der Waals surface area contributed by atoms with Crippen molar-refractivity contribution >= 4 is 196 Å². The van der Waals surface area contributed by atoms with Crippen LogP contribution in [0, 0.1) is 34.6 Å². The van der Waals surface area contributed by atoms with Crippen LogP contribution < -0.4 is 0 Å². The summed E-state index contributed by atoms with van der Waals surface area (Å²) in [4.78, 5) is 14.6. The number of para-hydroxylation sites is 8.